The van der Waals surface area contributed by atoms with E-state index in [2.05, 4.69) is 11.9 Å². The van der Waals surface area contributed by atoms with Crippen molar-refractivity contribution in [2.75, 3.05) is 27.7 Å². The predicted molar refractivity (Wildman–Crippen MR) is 71.2 cm³/mol. The number of allylic oxidation sites excluding steroid dienone is 3. The molecule has 2 fully saturated rings. The molecule has 0 unspecified atom stereocenters. The summed E-state index contributed by atoms with van der Waals surface area (Å²) in [4.78, 5) is 17.4. The van der Waals surface area contributed by atoms with Crippen LogP contribution in [0.5, 0.6) is 0 Å². The molecule has 0 spiro atoms. The lowest BCUT2D eigenvalue weighted by Crippen LogP contribution is -2.26. The SMILES string of the molecule is CN1C(=O)/C(=C/C=C2/CCCN2C)N(C)C1=S. The van der Waals surface area contributed by atoms with Crippen LogP contribution in [0.15, 0.2) is 23.5 Å². The van der Waals surface area contributed by atoms with Gasteiger partial charge in [-0.05, 0) is 37.2 Å². The summed E-state index contributed by atoms with van der Waals surface area (Å²) in [5, 5.41) is 0.555. The third-order valence-corrected chi connectivity index (χ3v) is 3.86. The Morgan fingerprint density at radius 1 is 1.18 bits per heavy atom. The first-order valence-electron chi connectivity index (χ1n) is 5.70. The molecular weight excluding hydrogens is 234 g/mol. The van der Waals surface area contributed by atoms with Crippen LogP contribution < -0.4 is 0 Å². The zero-order valence-corrected chi connectivity index (χ0v) is 11.3. The summed E-state index contributed by atoms with van der Waals surface area (Å²) in [7, 11) is 5.61. The number of amides is 1. The van der Waals surface area contributed by atoms with Crippen LogP contribution in [0, 0.1) is 0 Å². The van der Waals surface area contributed by atoms with Crippen LogP contribution >= 0.6 is 12.2 Å². The van der Waals surface area contributed by atoms with E-state index in [1.807, 2.05) is 19.2 Å². The first-order chi connectivity index (χ1) is 8.02. The summed E-state index contributed by atoms with van der Waals surface area (Å²) >= 11 is 5.15. The lowest BCUT2D eigenvalue weighted by Gasteiger charge is -2.12. The molecule has 0 bridgehead atoms. The van der Waals surface area contributed by atoms with Crippen molar-refractivity contribution in [1.82, 2.24) is 14.7 Å². The van der Waals surface area contributed by atoms with Crippen LogP contribution in [-0.4, -0.2) is 53.4 Å². The number of likely N-dealkylation sites (N-methyl/N-ethyl adjacent to an activating group) is 2. The second kappa shape index (κ2) is 4.49. The van der Waals surface area contributed by atoms with E-state index in [4.69, 9.17) is 12.2 Å². The Kier molecular flexibility index (Phi) is 3.19. The molecule has 2 saturated heterocycles. The number of likely N-dealkylation sites (tertiary alicyclic amines) is 1. The fourth-order valence-corrected chi connectivity index (χ4v) is 2.31. The molecule has 0 atom stereocenters. The fraction of sp³-hybridized carbons (Fsp3) is 0.500. The maximum Gasteiger partial charge on any atom is 0.276 e. The van der Waals surface area contributed by atoms with Crippen molar-refractivity contribution in [3.05, 3.63) is 23.5 Å². The summed E-state index contributed by atoms with van der Waals surface area (Å²) < 4.78 is 0. The number of carbonyl (C=O) groups excluding carboxylic acids is 1. The van der Waals surface area contributed by atoms with Crippen molar-refractivity contribution >= 4 is 23.2 Å². The number of rotatable bonds is 1. The van der Waals surface area contributed by atoms with Crippen molar-refractivity contribution in [3.8, 4) is 0 Å². The van der Waals surface area contributed by atoms with Crippen LogP contribution in [0.4, 0.5) is 0 Å². The van der Waals surface area contributed by atoms with Gasteiger partial charge < -0.3 is 9.80 Å². The summed E-state index contributed by atoms with van der Waals surface area (Å²) in [6, 6.07) is 0. The fourth-order valence-electron chi connectivity index (χ4n) is 2.13. The molecule has 2 heterocycles. The molecule has 2 aliphatic heterocycles. The highest BCUT2D eigenvalue weighted by atomic mass is 32.1. The second-order valence-electron chi connectivity index (χ2n) is 4.44. The Bertz CT molecular complexity index is 427. The van der Waals surface area contributed by atoms with Crippen LogP contribution in [0.2, 0.25) is 0 Å². The van der Waals surface area contributed by atoms with Gasteiger partial charge >= 0.3 is 0 Å². The highest BCUT2D eigenvalue weighted by molar-refractivity contribution is 7.80. The summed E-state index contributed by atoms with van der Waals surface area (Å²) in [6.45, 7) is 1.09. The monoisotopic (exact) mass is 251 g/mol. The van der Waals surface area contributed by atoms with E-state index >= 15 is 0 Å². The van der Waals surface area contributed by atoms with E-state index in [1.165, 1.54) is 17.0 Å². The molecule has 5 heteroatoms. The quantitative estimate of drug-likeness (QED) is 0.516. The van der Waals surface area contributed by atoms with Crippen LogP contribution in [0.25, 0.3) is 0 Å². The number of nitrogens with zero attached hydrogens (tertiary/aromatic N) is 3. The molecule has 2 aliphatic rings. The lowest BCUT2D eigenvalue weighted by atomic mass is 10.2. The van der Waals surface area contributed by atoms with E-state index < -0.39 is 0 Å². The van der Waals surface area contributed by atoms with Crippen molar-refractivity contribution in [2.45, 2.75) is 12.8 Å². The van der Waals surface area contributed by atoms with E-state index in [0.29, 0.717) is 10.8 Å². The summed E-state index contributed by atoms with van der Waals surface area (Å²) in [6.07, 6.45) is 6.17. The first kappa shape index (κ1) is 12.1. The molecular formula is C12H17N3OS. The molecule has 0 saturated carbocycles. The third kappa shape index (κ3) is 2.07. The van der Waals surface area contributed by atoms with E-state index in [0.717, 1.165) is 13.0 Å². The van der Waals surface area contributed by atoms with E-state index in [9.17, 15) is 4.79 Å². The van der Waals surface area contributed by atoms with Crippen molar-refractivity contribution < 1.29 is 4.79 Å². The first-order valence-corrected chi connectivity index (χ1v) is 6.11. The molecule has 4 nitrogen and oxygen atoms in total. The van der Waals surface area contributed by atoms with Gasteiger partial charge in [0.2, 0.25) is 0 Å². The second-order valence-corrected chi connectivity index (χ2v) is 4.81. The molecule has 0 aliphatic carbocycles. The smallest absolute Gasteiger partial charge is 0.276 e. The van der Waals surface area contributed by atoms with Crippen molar-refractivity contribution in [3.63, 3.8) is 0 Å². The highest BCUT2D eigenvalue weighted by Gasteiger charge is 2.32. The zero-order chi connectivity index (χ0) is 12.6. The largest absolute Gasteiger partial charge is 0.378 e. The molecule has 92 valence electrons. The Labute approximate surface area is 107 Å². The maximum absolute atomic E-state index is 11.9. The highest BCUT2D eigenvalue weighted by Crippen LogP contribution is 2.21. The lowest BCUT2D eigenvalue weighted by molar-refractivity contribution is -0.121. The third-order valence-electron chi connectivity index (χ3n) is 3.31. The molecule has 0 radical (unpaired) electrons. The average Bonchev–Trinajstić information content (AvgIpc) is 2.78. The van der Waals surface area contributed by atoms with Gasteiger partial charge in [0.05, 0.1) is 0 Å². The molecule has 1 amide bonds. The minimum absolute atomic E-state index is 0.0324. The van der Waals surface area contributed by atoms with Gasteiger partial charge in [-0.1, -0.05) is 0 Å². The Hall–Kier alpha value is -1.36. The van der Waals surface area contributed by atoms with Gasteiger partial charge in [0.1, 0.15) is 5.70 Å². The number of hydrogen-bond donors (Lipinski definition) is 0. The maximum atomic E-state index is 11.9. The molecule has 0 N–H and O–H groups in total. The van der Waals surface area contributed by atoms with Gasteiger partial charge in [-0.25, -0.2) is 0 Å². The molecule has 2 rings (SSSR count). The van der Waals surface area contributed by atoms with Crippen molar-refractivity contribution in [1.29, 1.82) is 0 Å². The average molecular weight is 251 g/mol. The Morgan fingerprint density at radius 2 is 1.88 bits per heavy atom. The Balaban J connectivity index is 2.23. The van der Waals surface area contributed by atoms with E-state index in [1.54, 1.807) is 11.9 Å². The van der Waals surface area contributed by atoms with Gasteiger partial charge in [0.25, 0.3) is 5.91 Å². The molecule has 0 aromatic carbocycles. The van der Waals surface area contributed by atoms with Gasteiger partial charge in [-0.2, -0.15) is 0 Å². The topological polar surface area (TPSA) is 26.8 Å². The predicted octanol–water partition coefficient (Wildman–Crippen LogP) is 1.17. The summed E-state index contributed by atoms with van der Waals surface area (Å²) in [5.41, 5.74) is 1.92. The summed E-state index contributed by atoms with van der Waals surface area (Å²) in [5.74, 6) is -0.0324. The van der Waals surface area contributed by atoms with Crippen LogP contribution in [0.1, 0.15) is 12.8 Å². The number of hydrogen-bond acceptors (Lipinski definition) is 3. The minimum Gasteiger partial charge on any atom is -0.378 e. The normalized spacial score (nSPS) is 25.9. The van der Waals surface area contributed by atoms with Gasteiger partial charge in [-0.3, -0.25) is 9.69 Å². The van der Waals surface area contributed by atoms with Crippen LogP contribution in [-0.2, 0) is 4.79 Å². The standard InChI is InChI=1S/C12H17N3OS/c1-13-8-4-5-9(13)6-7-10-11(16)15(3)12(17)14(10)2/h6-7H,4-5,8H2,1-3H3/b9-6-,10-7-. The molecule has 0 aromatic rings. The minimum atomic E-state index is -0.0324. The van der Waals surface area contributed by atoms with Gasteiger partial charge in [0.15, 0.2) is 5.11 Å². The van der Waals surface area contributed by atoms with Gasteiger partial charge in [-0.15, -0.1) is 0 Å². The number of thiocarbonyl (C=S) groups is 1. The van der Waals surface area contributed by atoms with Crippen molar-refractivity contribution in [2.24, 2.45) is 0 Å². The van der Waals surface area contributed by atoms with E-state index in [-0.39, 0.29) is 5.91 Å². The Morgan fingerprint density at radius 3 is 2.35 bits per heavy atom. The van der Waals surface area contributed by atoms with Crippen LogP contribution in [0.3, 0.4) is 0 Å². The number of carbonyl (C=O) groups is 1. The zero-order valence-electron chi connectivity index (χ0n) is 10.4. The molecule has 17 heavy (non-hydrogen) atoms. The van der Waals surface area contributed by atoms with Gasteiger partial charge in [0, 0.05) is 33.4 Å². The molecule has 0 aromatic heterocycles.